The first kappa shape index (κ1) is 13.6. The van der Waals surface area contributed by atoms with Crippen LogP contribution in [0.4, 0.5) is 0 Å². The van der Waals surface area contributed by atoms with Gasteiger partial charge in [-0.05, 0) is 45.4 Å². The second-order valence-corrected chi connectivity index (χ2v) is 5.67. The largest absolute Gasteiger partial charge is 0.331 e. The van der Waals surface area contributed by atoms with Crippen LogP contribution >= 0.6 is 18.9 Å². The zero-order valence-corrected chi connectivity index (χ0v) is 10.9. The predicted molar refractivity (Wildman–Crippen MR) is 61.1 cm³/mol. The molecule has 80 valence electrons. The van der Waals surface area contributed by atoms with E-state index in [1.54, 1.807) is 0 Å². The molecular weight excluding hydrogens is 205 g/mol. The summed E-state index contributed by atoms with van der Waals surface area (Å²) in [7, 11) is -0.923. The van der Waals surface area contributed by atoms with Crippen LogP contribution in [-0.2, 0) is 4.52 Å². The molecule has 0 aliphatic carbocycles. The molecule has 1 unspecified atom stereocenters. The van der Waals surface area contributed by atoms with Gasteiger partial charge in [0.2, 0.25) is 7.65 Å². The molecule has 1 atom stereocenters. The molecule has 0 aliphatic heterocycles. The van der Waals surface area contributed by atoms with E-state index in [2.05, 4.69) is 39.3 Å². The Hall–Kier alpha value is 0.640. The van der Waals surface area contributed by atoms with Crippen LogP contribution in [0.1, 0.15) is 41.0 Å². The first-order chi connectivity index (χ1) is 6.00. The Morgan fingerprint density at radius 2 is 1.69 bits per heavy atom. The van der Waals surface area contributed by atoms with Crippen LogP contribution in [0.15, 0.2) is 0 Å². The van der Waals surface area contributed by atoms with Crippen LogP contribution in [-0.4, -0.2) is 23.4 Å². The molecule has 0 fully saturated rings. The Morgan fingerprint density at radius 1 is 1.23 bits per heavy atom. The lowest BCUT2D eigenvalue weighted by molar-refractivity contribution is 0.262. The van der Waals surface area contributed by atoms with Gasteiger partial charge < -0.3 is 4.52 Å². The maximum atomic E-state index is 6.18. The number of hydrogen-bond acceptors (Lipinski definition) is 2. The molecule has 0 aliphatic rings. The molecule has 0 aromatic rings. The van der Waals surface area contributed by atoms with E-state index in [1.807, 2.05) is 0 Å². The van der Waals surface area contributed by atoms with Crippen LogP contribution in [0.3, 0.4) is 0 Å². The predicted octanol–water partition coefficient (Wildman–Crippen LogP) is 4.00. The highest BCUT2D eigenvalue weighted by molar-refractivity contribution is 7.78. The van der Waals surface area contributed by atoms with Crippen LogP contribution < -0.4 is 0 Å². The van der Waals surface area contributed by atoms with Crippen molar-refractivity contribution >= 4 is 18.9 Å². The Bertz CT molecular complexity index is 125. The summed E-state index contributed by atoms with van der Waals surface area (Å²) in [5.41, 5.74) is 0. The molecule has 0 amide bonds. The molecule has 0 spiro atoms. The van der Waals surface area contributed by atoms with Crippen molar-refractivity contribution in [3.05, 3.63) is 0 Å². The zero-order valence-electron chi connectivity index (χ0n) is 9.25. The van der Waals surface area contributed by atoms with Crippen molar-refractivity contribution < 1.29 is 4.52 Å². The Morgan fingerprint density at radius 3 is 2.00 bits per heavy atom. The van der Waals surface area contributed by atoms with E-state index in [4.69, 9.17) is 15.8 Å². The minimum Gasteiger partial charge on any atom is -0.331 e. The average Bonchev–Trinajstić information content (AvgIpc) is 1.99. The molecule has 0 radical (unpaired) electrons. The van der Waals surface area contributed by atoms with E-state index >= 15 is 0 Å². The van der Waals surface area contributed by atoms with Gasteiger partial charge in [-0.3, -0.25) is 0 Å². The molecular formula is C9H21ClNOP. The monoisotopic (exact) mass is 225 g/mol. The van der Waals surface area contributed by atoms with Crippen LogP contribution in [0, 0.1) is 0 Å². The van der Waals surface area contributed by atoms with E-state index in [0.717, 1.165) is 13.0 Å². The molecule has 0 saturated heterocycles. The average molecular weight is 226 g/mol. The van der Waals surface area contributed by atoms with E-state index in [0.29, 0.717) is 12.1 Å². The van der Waals surface area contributed by atoms with Gasteiger partial charge in [0, 0.05) is 12.1 Å². The van der Waals surface area contributed by atoms with Crippen LogP contribution in [0.5, 0.6) is 0 Å². The number of nitrogens with zero attached hydrogens (tertiary/aromatic N) is 1. The summed E-state index contributed by atoms with van der Waals surface area (Å²) in [5.74, 6) is 0. The van der Waals surface area contributed by atoms with Gasteiger partial charge in [0.05, 0.1) is 6.61 Å². The van der Waals surface area contributed by atoms with Crippen molar-refractivity contribution in [3.63, 3.8) is 0 Å². The maximum absolute atomic E-state index is 6.18. The normalized spacial score (nSPS) is 14.5. The van der Waals surface area contributed by atoms with Crippen molar-refractivity contribution in [1.29, 1.82) is 0 Å². The van der Waals surface area contributed by atoms with Gasteiger partial charge in [0.15, 0.2) is 0 Å². The number of rotatable bonds is 6. The lowest BCUT2D eigenvalue weighted by Gasteiger charge is -2.32. The molecule has 4 heteroatoms. The molecule has 0 aromatic carbocycles. The molecule has 13 heavy (non-hydrogen) atoms. The lowest BCUT2D eigenvalue weighted by atomic mass is 10.3. The van der Waals surface area contributed by atoms with E-state index < -0.39 is 7.65 Å². The van der Waals surface area contributed by atoms with E-state index in [9.17, 15) is 0 Å². The molecule has 0 N–H and O–H groups in total. The quantitative estimate of drug-likeness (QED) is 0.634. The van der Waals surface area contributed by atoms with Gasteiger partial charge in [0.25, 0.3) is 0 Å². The molecule has 2 nitrogen and oxygen atoms in total. The highest BCUT2D eigenvalue weighted by Gasteiger charge is 2.22. The fraction of sp³-hybridized carbons (Fsp3) is 1.00. The summed E-state index contributed by atoms with van der Waals surface area (Å²) >= 11 is 6.18. The zero-order chi connectivity index (χ0) is 10.4. The van der Waals surface area contributed by atoms with Crippen molar-refractivity contribution in [2.45, 2.75) is 53.1 Å². The summed E-state index contributed by atoms with van der Waals surface area (Å²) in [6.45, 7) is 11.4. The van der Waals surface area contributed by atoms with Gasteiger partial charge >= 0.3 is 0 Å². The summed E-state index contributed by atoms with van der Waals surface area (Å²) in [6, 6.07) is 0.890. The van der Waals surface area contributed by atoms with E-state index in [1.165, 1.54) is 0 Å². The Balaban J connectivity index is 4.04. The van der Waals surface area contributed by atoms with E-state index in [-0.39, 0.29) is 0 Å². The highest BCUT2D eigenvalue weighted by Crippen LogP contribution is 2.49. The van der Waals surface area contributed by atoms with Gasteiger partial charge in [-0.25, -0.2) is 4.67 Å². The second-order valence-electron chi connectivity index (χ2n) is 3.63. The fourth-order valence-corrected chi connectivity index (χ4v) is 3.64. The molecule has 0 bridgehead atoms. The van der Waals surface area contributed by atoms with Crippen molar-refractivity contribution in [2.75, 3.05) is 6.61 Å². The first-order valence-electron chi connectivity index (χ1n) is 4.87. The third kappa shape index (κ3) is 5.17. The SMILES string of the molecule is CCCOP(Cl)N(C(C)C)C(C)C. The second kappa shape index (κ2) is 7.00. The first-order valence-corrected chi connectivity index (χ1v) is 6.99. The summed E-state index contributed by atoms with van der Waals surface area (Å²) < 4.78 is 7.75. The smallest absolute Gasteiger partial charge is 0.207 e. The lowest BCUT2D eigenvalue weighted by Crippen LogP contribution is -2.31. The fourth-order valence-electron chi connectivity index (χ4n) is 1.19. The van der Waals surface area contributed by atoms with Crippen molar-refractivity contribution in [1.82, 2.24) is 4.67 Å². The Labute approximate surface area is 88.3 Å². The third-order valence-corrected chi connectivity index (χ3v) is 4.14. The molecule has 0 rings (SSSR count). The summed E-state index contributed by atoms with van der Waals surface area (Å²) in [5, 5.41) is 0. The standard InChI is InChI=1S/C9H21ClNOP/c1-6-7-12-13(10)11(8(2)3)9(4)5/h8-9H,6-7H2,1-5H3. The van der Waals surface area contributed by atoms with Gasteiger partial charge in [-0.15, -0.1) is 0 Å². The Kier molecular flexibility index (Phi) is 7.35. The topological polar surface area (TPSA) is 12.5 Å². The minimum atomic E-state index is -0.923. The highest BCUT2D eigenvalue weighted by atomic mass is 35.7. The third-order valence-electron chi connectivity index (χ3n) is 1.64. The summed E-state index contributed by atoms with van der Waals surface area (Å²) in [4.78, 5) is 0. The minimum absolute atomic E-state index is 0.445. The van der Waals surface area contributed by atoms with Crippen LogP contribution in [0.25, 0.3) is 0 Å². The molecule has 0 aromatic heterocycles. The van der Waals surface area contributed by atoms with Gasteiger partial charge in [0.1, 0.15) is 0 Å². The maximum Gasteiger partial charge on any atom is 0.207 e. The molecule has 0 saturated carbocycles. The van der Waals surface area contributed by atoms with Gasteiger partial charge in [-0.1, -0.05) is 6.92 Å². The molecule has 0 heterocycles. The number of halogens is 1. The van der Waals surface area contributed by atoms with Crippen molar-refractivity contribution in [2.24, 2.45) is 0 Å². The summed E-state index contributed by atoms with van der Waals surface area (Å²) in [6.07, 6.45) is 1.02. The van der Waals surface area contributed by atoms with Gasteiger partial charge in [-0.2, -0.15) is 0 Å². The number of hydrogen-bond donors (Lipinski definition) is 0. The van der Waals surface area contributed by atoms with Crippen molar-refractivity contribution in [3.8, 4) is 0 Å². The van der Waals surface area contributed by atoms with Crippen LogP contribution in [0.2, 0.25) is 0 Å².